The van der Waals surface area contributed by atoms with Crippen LogP contribution in [0.4, 0.5) is 0 Å². The fourth-order valence-electron chi connectivity index (χ4n) is 3.81. The number of rotatable bonds is 1. The summed E-state index contributed by atoms with van der Waals surface area (Å²) in [6.07, 6.45) is 8.89. The van der Waals surface area contributed by atoms with Crippen LogP contribution in [-0.2, 0) is 0 Å². The highest BCUT2D eigenvalue weighted by Gasteiger charge is 2.38. The van der Waals surface area contributed by atoms with E-state index in [-0.39, 0.29) is 0 Å². The zero-order valence-electron chi connectivity index (χ0n) is 9.75. The Morgan fingerprint density at radius 3 is 2.00 bits per heavy atom. The molecule has 0 aromatic heterocycles. The van der Waals surface area contributed by atoms with Gasteiger partial charge in [-0.15, -0.1) is 0 Å². The second-order valence-electron chi connectivity index (χ2n) is 5.78. The maximum atomic E-state index is 3.53. The summed E-state index contributed by atoms with van der Waals surface area (Å²) in [7, 11) is 0. The van der Waals surface area contributed by atoms with Crippen LogP contribution in [0.25, 0.3) is 0 Å². The van der Waals surface area contributed by atoms with Crippen LogP contribution in [0, 0.1) is 11.8 Å². The first kappa shape index (κ1) is 10.1. The molecular formula is C13H24N2. The Balaban J connectivity index is 1.58. The van der Waals surface area contributed by atoms with E-state index in [1.54, 1.807) is 0 Å². The number of hydrogen-bond acceptors (Lipinski definition) is 2. The molecule has 3 aliphatic rings. The third-order valence-electron chi connectivity index (χ3n) is 4.76. The topological polar surface area (TPSA) is 15.3 Å². The highest BCUT2D eigenvalue weighted by molar-refractivity contribution is 4.93. The predicted octanol–water partition coefficient (Wildman–Crippen LogP) is 1.86. The van der Waals surface area contributed by atoms with Crippen LogP contribution in [0.3, 0.4) is 0 Å². The molecule has 2 saturated heterocycles. The molecule has 0 spiro atoms. The van der Waals surface area contributed by atoms with E-state index in [0.717, 1.165) is 17.9 Å². The molecule has 2 heteroatoms. The van der Waals surface area contributed by atoms with Crippen molar-refractivity contribution >= 4 is 0 Å². The molecule has 3 rings (SSSR count). The van der Waals surface area contributed by atoms with Crippen molar-refractivity contribution in [3.63, 3.8) is 0 Å². The lowest BCUT2D eigenvalue weighted by molar-refractivity contribution is 0.206. The smallest absolute Gasteiger partial charge is 0.00955 e. The second-order valence-corrected chi connectivity index (χ2v) is 5.78. The summed E-state index contributed by atoms with van der Waals surface area (Å²) >= 11 is 0. The quantitative estimate of drug-likeness (QED) is 0.662. The lowest BCUT2D eigenvalue weighted by Gasteiger charge is -2.27. The Bertz CT molecular complexity index is 197. The summed E-state index contributed by atoms with van der Waals surface area (Å²) in [5.41, 5.74) is 0. The van der Waals surface area contributed by atoms with Gasteiger partial charge in [0.2, 0.25) is 0 Å². The minimum absolute atomic E-state index is 0.943. The minimum Gasteiger partial charge on any atom is -0.316 e. The molecule has 0 radical (unpaired) electrons. The number of fused-ring (bicyclic) bond motifs is 1. The maximum absolute atomic E-state index is 3.53. The standard InChI is InChI=1S/C13H24N2/c1-2-4-6-13(5-3-1)15-9-11-7-14-8-12(11)10-15/h11-14H,1-10H2. The van der Waals surface area contributed by atoms with Gasteiger partial charge in [-0.1, -0.05) is 25.7 Å². The van der Waals surface area contributed by atoms with Crippen LogP contribution in [0.15, 0.2) is 0 Å². The van der Waals surface area contributed by atoms with E-state index in [9.17, 15) is 0 Å². The van der Waals surface area contributed by atoms with Gasteiger partial charge >= 0.3 is 0 Å². The second kappa shape index (κ2) is 4.42. The van der Waals surface area contributed by atoms with Crippen molar-refractivity contribution < 1.29 is 0 Å². The number of hydrogen-bond donors (Lipinski definition) is 1. The van der Waals surface area contributed by atoms with Gasteiger partial charge in [-0.25, -0.2) is 0 Å². The first-order chi connectivity index (χ1) is 7.43. The van der Waals surface area contributed by atoms with E-state index in [0.29, 0.717) is 0 Å². The largest absolute Gasteiger partial charge is 0.316 e. The van der Waals surface area contributed by atoms with Gasteiger partial charge in [0, 0.05) is 19.1 Å². The summed E-state index contributed by atoms with van der Waals surface area (Å²) in [5, 5.41) is 3.53. The molecule has 0 aromatic carbocycles. The SMILES string of the molecule is C1CCCC(N2CC3CNCC3C2)CC1. The van der Waals surface area contributed by atoms with E-state index >= 15 is 0 Å². The number of likely N-dealkylation sites (tertiary alicyclic amines) is 1. The molecule has 2 atom stereocenters. The molecule has 1 N–H and O–H groups in total. The molecule has 0 amide bonds. The van der Waals surface area contributed by atoms with Crippen LogP contribution < -0.4 is 5.32 Å². The Morgan fingerprint density at radius 2 is 1.40 bits per heavy atom. The van der Waals surface area contributed by atoms with Gasteiger partial charge in [0.25, 0.3) is 0 Å². The van der Waals surface area contributed by atoms with Crippen molar-refractivity contribution in [1.29, 1.82) is 0 Å². The summed E-state index contributed by atoms with van der Waals surface area (Å²) in [4.78, 5) is 2.82. The van der Waals surface area contributed by atoms with E-state index < -0.39 is 0 Å². The van der Waals surface area contributed by atoms with E-state index in [1.165, 1.54) is 64.7 Å². The highest BCUT2D eigenvalue weighted by atomic mass is 15.2. The molecule has 86 valence electrons. The molecular weight excluding hydrogens is 184 g/mol. The van der Waals surface area contributed by atoms with E-state index in [2.05, 4.69) is 10.2 Å². The third-order valence-corrected chi connectivity index (χ3v) is 4.76. The summed E-state index contributed by atoms with van der Waals surface area (Å²) in [6, 6.07) is 0.943. The minimum atomic E-state index is 0.943. The molecule has 3 fully saturated rings. The molecule has 15 heavy (non-hydrogen) atoms. The lowest BCUT2D eigenvalue weighted by Crippen LogP contribution is -2.35. The summed E-state index contributed by atoms with van der Waals surface area (Å²) in [6.45, 7) is 5.35. The Kier molecular flexibility index (Phi) is 2.98. The van der Waals surface area contributed by atoms with Crippen LogP contribution in [0.2, 0.25) is 0 Å². The van der Waals surface area contributed by atoms with Crippen molar-refractivity contribution in [2.75, 3.05) is 26.2 Å². The van der Waals surface area contributed by atoms with Gasteiger partial charge in [-0.05, 0) is 37.8 Å². The van der Waals surface area contributed by atoms with Crippen molar-refractivity contribution in [3.05, 3.63) is 0 Å². The zero-order valence-corrected chi connectivity index (χ0v) is 9.75. The van der Waals surface area contributed by atoms with Gasteiger partial charge in [0.15, 0.2) is 0 Å². The lowest BCUT2D eigenvalue weighted by atomic mass is 10.0. The Hall–Kier alpha value is -0.0800. The van der Waals surface area contributed by atoms with Crippen LogP contribution in [0.5, 0.6) is 0 Å². The predicted molar refractivity (Wildman–Crippen MR) is 62.9 cm³/mol. The average Bonchev–Trinajstić information content (AvgIpc) is 2.70. The molecule has 0 aromatic rings. The summed E-state index contributed by atoms with van der Waals surface area (Å²) in [5.74, 6) is 1.96. The van der Waals surface area contributed by atoms with Crippen molar-refractivity contribution in [2.24, 2.45) is 11.8 Å². The molecule has 0 bridgehead atoms. The fraction of sp³-hybridized carbons (Fsp3) is 1.00. The molecule has 1 aliphatic carbocycles. The van der Waals surface area contributed by atoms with Crippen LogP contribution >= 0.6 is 0 Å². The molecule has 2 nitrogen and oxygen atoms in total. The molecule has 2 aliphatic heterocycles. The van der Waals surface area contributed by atoms with Gasteiger partial charge in [-0.3, -0.25) is 4.90 Å². The van der Waals surface area contributed by atoms with Crippen molar-refractivity contribution in [3.8, 4) is 0 Å². The van der Waals surface area contributed by atoms with Crippen molar-refractivity contribution in [1.82, 2.24) is 10.2 Å². The van der Waals surface area contributed by atoms with Gasteiger partial charge in [0.1, 0.15) is 0 Å². The first-order valence-electron chi connectivity index (χ1n) is 6.88. The van der Waals surface area contributed by atoms with Gasteiger partial charge in [-0.2, -0.15) is 0 Å². The van der Waals surface area contributed by atoms with Gasteiger partial charge < -0.3 is 5.32 Å². The Morgan fingerprint density at radius 1 is 0.800 bits per heavy atom. The average molecular weight is 208 g/mol. The third kappa shape index (κ3) is 2.07. The molecule has 1 saturated carbocycles. The normalized spacial score (nSPS) is 39.2. The van der Waals surface area contributed by atoms with E-state index in [1.807, 2.05) is 0 Å². The van der Waals surface area contributed by atoms with E-state index in [4.69, 9.17) is 0 Å². The van der Waals surface area contributed by atoms with Crippen LogP contribution in [-0.4, -0.2) is 37.1 Å². The monoisotopic (exact) mass is 208 g/mol. The zero-order chi connectivity index (χ0) is 10.1. The number of nitrogens with one attached hydrogen (secondary N) is 1. The van der Waals surface area contributed by atoms with Crippen LogP contribution in [0.1, 0.15) is 38.5 Å². The maximum Gasteiger partial charge on any atom is 0.00955 e. The fourth-order valence-corrected chi connectivity index (χ4v) is 3.81. The highest BCUT2D eigenvalue weighted by Crippen LogP contribution is 2.31. The molecule has 2 heterocycles. The van der Waals surface area contributed by atoms with Crippen molar-refractivity contribution in [2.45, 2.75) is 44.6 Å². The Labute approximate surface area is 93.4 Å². The first-order valence-corrected chi connectivity index (χ1v) is 6.88. The van der Waals surface area contributed by atoms with Gasteiger partial charge in [0.05, 0.1) is 0 Å². The molecule has 2 unspecified atom stereocenters. The summed E-state index contributed by atoms with van der Waals surface area (Å²) < 4.78 is 0. The number of nitrogens with zero attached hydrogens (tertiary/aromatic N) is 1.